The highest BCUT2D eigenvalue weighted by Gasteiger charge is 2.39. The minimum Gasteiger partial charge on any atom is -0.464 e. The number of hydrogen-bond donors (Lipinski definition) is 1. The van der Waals surface area contributed by atoms with Crippen LogP contribution in [0.15, 0.2) is 36.5 Å². The molecule has 0 radical (unpaired) electrons. The number of esters is 1. The van der Waals surface area contributed by atoms with Crippen molar-refractivity contribution in [2.75, 3.05) is 6.61 Å². The van der Waals surface area contributed by atoms with Crippen LogP contribution < -0.4 is 5.32 Å². The second-order valence-electron chi connectivity index (χ2n) is 5.03. The van der Waals surface area contributed by atoms with E-state index in [2.05, 4.69) is 10.3 Å². The molecule has 1 saturated heterocycles. The average Bonchev–Trinajstić information content (AvgIpc) is 2.89. The number of aromatic nitrogens is 1. The Hall–Kier alpha value is -2.43. The number of nitrogens with zero attached hydrogens (tertiary/aromatic N) is 1. The Morgan fingerprint density at radius 3 is 3.00 bits per heavy atom. The van der Waals surface area contributed by atoms with Gasteiger partial charge in [0.1, 0.15) is 6.04 Å². The van der Waals surface area contributed by atoms with E-state index in [4.69, 9.17) is 4.74 Å². The first-order valence-electron chi connectivity index (χ1n) is 7.00. The Bertz CT molecular complexity index is 693. The molecule has 5 heteroatoms. The number of carbonyl (C=O) groups excluding carboxylic acids is 2. The van der Waals surface area contributed by atoms with Gasteiger partial charge in [0.25, 0.3) is 0 Å². The van der Waals surface area contributed by atoms with Crippen molar-refractivity contribution in [1.82, 2.24) is 10.3 Å². The quantitative estimate of drug-likeness (QED) is 0.872. The summed E-state index contributed by atoms with van der Waals surface area (Å²) in [5.41, 5.74) is 1.81. The molecule has 1 aliphatic heterocycles. The fourth-order valence-electron chi connectivity index (χ4n) is 2.84. The fraction of sp³-hybridized carbons (Fsp3) is 0.312. The zero-order chi connectivity index (χ0) is 14.8. The van der Waals surface area contributed by atoms with Gasteiger partial charge in [0.2, 0.25) is 5.91 Å². The minimum atomic E-state index is -0.622. The third kappa shape index (κ3) is 2.46. The van der Waals surface area contributed by atoms with Crippen molar-refractivity contribution in [2.45, 2.75) is 25.3 Å². The second kappa shape index (κ2) is 5.52. The third-order valence-corrected chi connectivity index (χ3v) is 3.75. The Morgan fingerprint density at radius 2 is 2.19 bits per heavy atom. The van der Waals surface area contributed by atoms with E-state index in [1.165, 1.54) is 0 Å². The number of rotatable bonds is 3. The van der Waals surface area contributed by atoms with Crippen LogP contribution in [0.2, 0.25) is 0 Å². The largest absolute Gasteiger partial charge is 0.464 e. The van der Waals surface area contributed by atoms with Gasteiger partial charge in [0.05, 0.1) is 12.1 Å². The Balaban J connectivity index is 2.03. The molecule has 1 aromatic carbocycles. The van der Waals surface area contributed by atoms with Gasteiger partial charge in [-0.1, -0.05) is 18.2 Å². The molecule has 1 aliphatic rings. The lowest BCUT2D eigenvalue weighted by atomic mass is 9.89. The lowest BCUT2D eigenvalue weighted by molar-refractivity contribution is -0.146. The van der Waals surface area contributed by atoms with E-state index in [1.54, 1.807) is 13.1 Å². The van der Waals surface area contributed by atoms with Crippen LogP contribution in [0.1, 0.15) is 24.8 Å². The van der Waals surface area contributed by atoms with Crippen molar-refractivity contribution in [3.63, 3.8) is 0 Å². The topological polar surface area (TPSA) is 68.3 Å². The highest BCUT2D eigenvalue weighted by molar-refractivity contribution is 5.92. The van der Waals surface area contributed by atoms with Gasteiger partial charge in [-0.2, -0.15) is 0 Å². The maximum atomic E-state index is 12.1. The van der Waals surface area contributed by atoms with Crippen molar-refractivity contribution in [2.24, 2.45) is 0 Å². The van der Waals surface area contributed by atoms with Crippen molar-refractivity contribution in [3.8, 4) is 0 Å². The molecule has 2 unspecified atom stereocenters. The van der Waals surface area contributed by atoms with Crippen LogP contribution in [-0.2, 0) is 14.3 Å². The van der Waals surface area contributed by atoms with Crippen LogP contribution in [0.3, 0.4) is 0 Å². The summed E-state index contributed by atoms with van der Waals surface area (Å²) in [5, 5.41) is 3.69. The molecule has 2 atom stereocenters. The number of benzene rings is 1. The molecule has 0 bridgehead atoms. The van der Waals surface area contributed by atoms with Crippen LogP contribution in [0.5, 0.6) is 0 Å². The van der Waals surface area contributed by atoms with Crippen LogP contribution in [-0.4, -0.2) is 29.5 Å². The first kappa shape index (κ1) is 13.5. The smallest absolute Gasteiger partial charge is 0.329 e. The number of para-hydroxylation sites is 1. The number of amides is 1. The normalized spacial score (nSPS) is 21.3. The number of pyridine rings is 1. The third-order valence-electron chi connectivity index (χ3n) is 3.75. The van der Waals surface area contributed by atoms with Gasteiger partial charge >= 0.3 is 5.97 Å². The molecule has 0 saturated carbocycles. The van der Waals surface area contributed by atoms with Crippen LogP contribution >= 0.6 is 0 Å². The standard InChI is InChI=1S/C16H16N2O3/c1-2-21-16(20)15-12(9-14(19)18-15)10-7-8-17-13-6-4-3-5-11(10)13/h3-8,12,15H,2,9H2,1H3,(H,18,19). The summed E-state index contributed by atoms with van der Waals surface area (Å²) in [6, 6.07) is 8.98. The Kier molecular flexibility index (Phi) is 3.56. The molecule has 2 aromatic rings. The summed E-state index contributed by atoms with van der Waals surface area (Å²) in [5.74, 6) is -0.724. The first-order chi connectivity index (χ1) is 10.2. The summed E-state index contributed by atoms with van der Waals surface area (Å²) in [6.45, 7) is 2.06. The monoisotopic (exact) mass is 284 g/mol. The summed E-state index contributed by atoms with van der Waals surface area (Å²) in [4.78, 5) is 28.1. The zero-order valence-corrected chi connectivity index (χ0v) is 11.7. The van der Waals surface area contributed by atoms with Gasteiger partial charge in [-0.15, -0.1) is 0 Å². The molecule has 0 spiro atoms. The van der Waals surface area contributed by atoms with Gasteiger partial charge in [-0.3, -0.25) is 9.78 Å². The minimum absolute atomic E-state index is 0.126. The molecular weight excluding hydrogens is 268 g/mol. The first-order valence-corrected chi connectivity index (χ1v) is 7.00. The number of fused-ring (bicyclic) bond motifs is 1. The van der Waals surface area contributed by atoms with Crippen LogP contribution in [0.4, 0.5) is 0 Å². The van der Waals surface area contributed by atoms with E-state index >= 15 is 0 Å². The van der Waals surface area contributed by atoms with Crippen molar-refractivity contribution < 1.29 is 14.3 Å². The molecule has 0 aliphatic carbocycles. The van der Waals surface area contributed by atoms with Crippen LogP contribution in [0.25, 0.3) is 10.9 Å². The molecule has 2 heterocycles. The summed E-state index contributed by atoms with van der Waals surface area (Å²) in [6.07, 6.45) is 2.00. The lowest BCUT2D eigenvalue weighted by Gasteiger charge is -2.18. The van der Waals surface area contributed by atoms with E-state index in [0.29, 0.717) is 6.61 Å². The molecule has 1 fully saturated rings. The van der Waals surface area contributed by atoms with E-state index in [-0.39, 0.29) is 24.2 Å². The van der Waals surface area contributed by atoms with Crippen LogP contribution in [0, 0.1) is 0 Å². The van der Waals surface area contributed by atoms with Gasteiger partial charge in [-0.05, 0) is 24.6 Å². The highest BCUT2D eigenvalue weighted by atomic mass is 16.5. The highest BCUT2D eigenvalue weighted by Crippen LogP contribution is 2.33. The van der Waals surface area contributed by atoms with E-state index in [9.17, 15) is 9.59 Å². The molecule has 1 aromatic heterocycles. The van der Waals surface area contributed by atoms with Gasteiger partial charge in [-0.25, -0.2) is 4.79 Å². The van der Waals surface area contributed by atoms with Gasteiger partial charge in [0, 0.05) is 23.9 Å². The van der Waals surface area contributed by atoms with E-state index in [0.717, 1.165) is 16.5 Å². The maximum Gasteiger partial charge on any atom is 0.329 e. The van der Waals surface area contributed by atoms with Gasteiger partial charge < -0.3 is 10.1 Å². The molecular formula is C16H16N2O3. The Labute approximate surface area is 122 Å². The summed E-state index contributed by atoms with van der Waals surface area (Å²) in [7, 11) is 0. The molecule has 3 rings (SSSR count). The van der Waals surface area contributed by atoms with Crippen molar-refractivity contribution >= 4 is 22.8 Å². The molecule has 21 heavy (non-hydrogen) atoms. The number of hydrogen-bond acceptors (Lipinski definition) is 4. The SMILES string of the molecule is CCOC(=O)C1NC(=O)CC1c1ccnc2ccccc12. The zero-order valence-electron chi connectivity index (χ0n) is 11.7. The van der Waals surface area contributed by atoms with Crippen molar-refractivity contribution in [1.29, 1.82) is 0 Å². The predicted octanol–water partition coefficient (Wildman–Crippen LogP) is 1.77. The Morgan fingerprint density at radius 1 is 1.38 bits per heavy atom. The molecule has 5 nitrogen and oxygen atoms in total. The summed E-state index contributed by atoms with van der Waals surface area (Å²) < 4.78 is 5.07. The fourth-order valence-corrected chi connectivity index (χ4v) is 2.84. The number of nitrogens with one attached hydrogen (secondary N) is 1. The molecule has 1 amide bonds. The van der Waals surface area contributed by atoms with Crippen molar-refractivity contribution in [3.05, 3.63) is 42.1 Å². The number of ether oxygens (including phenoxy) is 1. The number of carbonyl (C=O) groups is 2. The summed E-state index contributed by atoms with van der Waals surface area (Å²) >= 11 is 0. The molecule has 1 N–H and O–H groups in total. The molecule has 108 valence electrons. The van der Waals surface area contributed by atoms with Gasteiger partial charge in [0.15, 0.2) is 0 Å². The second-order valence-corrected chi connectivity index (χ2v) is 5.03. The van der Waals surface area contributed by atoms with E-state index in [1.807, 2.05) is 30.3 Å². The average molecular weight is 284 g/mol. The lowest BCUT2D eigenvalue weighted by Crippen LogP contribution is -2.37. The van der Waals surface area contributed by atoms with E-state index < -0.39 is 6.04 Å². The predicted molar refractivity (Wildman–Crippen MR) is 77.7 cm³/mol. The maximum absolute atomic E-state index is 12.1.